The third kappa shape index (κ3) is 3.39. The molecule has 0 nitrogen and oxygen atoms in total. The van der Waals surface area contributed by atoms with Gasteiger partial charge in [-0.1, -0.05) is 12.2 Å². The van der Waals surface area contributed by atoms with Crippen LogP contribution in [-0.4, -0.2) is 9.49 Å². The molecule has 2 aliphatic heterocycles. The SMILES string of the molecule is C[C@@]12SC=CC1=C1CCCC1=C1C=CS[C@]12C.Cc1sccc1C1=C(c2ccsc2C)CCC1. The number of hydrogen-bond acceptors (Lipinski definition) is 4. The molecule has 4 heterocycles. The summed E-state index contributed by atoms with van der Waals surface area (Å²) in [7, 11) is 0. The molecule has 0 spiro atoms. The van der Waals surface area contributed by atoms with Crippen molar-refractivity contribution in [2.24, 2.45) is 0 Å². The average Bonchev–Trinajstić information content (AvgIpc) is 3.62. The molecule has 0 radical (unpaired) electrons. The minimum atomic E-state index is 0.250. The van der Waals surface area contributed by atoms with E-state index in [1.165, 1.54) is 59.4 Å². The van der Waals surface area contributed by atoms with E-state index in [0.29, 0.717) is 0 Å². The lowest BCUT2D eigenvalue weighted by atomic mass is 9.72. The molecule has 0 saturated heterocycles. The van der Waals surface area contributed by atoms with Crippen LogP contribution in [0.2, 0.25) is 0 Å². The monoisotopic (exact) mass is 520 g/mol. The van der Waals surface area contributed by atoms with Gasteiger partial charge < -0.3 is 0 Å². The van der Waals surface area contributed by atoms with Gasteiger partial charge in [0.1, 0.15) is 0 Å². The molecule has 0 bridgehead atoms. The maximum atomic E-state index is 2.44. The molecule has 0 N–H and O–H groups in total. The normalized spacial score (nSPS) is 29.1. The predicted molar refractivity (Wildman–Crippen MR) is 157 cm³/mol. The highest BCUT2D eigenvalue weighted by molar-refractivity contribution is 8.08. The maximum absolute atomic E-state index is 2.44. The third-order valence-electron chi connectivity index (χ3n) is 8.47. The standard InChI is InChI=1S/2C15H16S2/c1-14-12(6-8-16-14)10-4-3-5-11(10)13-7-9-17-15(13,14)2;1-10-12(6-8-16-10)14-4-3-5-15(14)13-7-9-17-11(13)2/h2*6-9H,3-5H2,1-2H3/t14-,15-;/m1./s1. The van der Waals surface area contributed by atoms with Crippen molar-refractivity contribution in [3.63, 3.8) is 0 Å². The van der Waals surface area contributed by atoms with Crippen LogP contribution in [0.4, 0.5) is 0 Å². The van der Waals surface area contributed by atoms with Crippen LogP contribution in [0.3, 0.4) is 0 Å². The molecule has 2 aromatic heterocycles. The first-order chi connectivity index (χ1) is 16.4. The van der Waals surface area contributed by atoms with Crippen LogP contribution in [0.5, 0.6) is 0 Å². The molecule has 0 aromatic carbocycles. The van der Waals surface area contributed by atoms with E-state index in [9.17, 15) is 0 Å². The van der Waals surface area contributed by atoms with E-state index in [-0.39, 0.29) is 9.49 Å². The summed E-state index contributed by atoms with van der Waals surface area (Å²) in [6, 6.07) is 4.59. The Hall–Kier alpha value is -1.20. The number of thiophene rings is 2. The highest BCUT2D eigenvalue weighted by atomic mass is 32.2. The molecular weight excluding hydrogens is 489 g/mol. The number of rotatable bonds is 2. The lowest BCUT2D eigenvalue weighted by Gasteiger charge is -2.46. The smallest absolute Gasteiger partial charge is 0.0612 e. The second-order valence-corrected chi connectivity index (χ2v) is 15.0. The van der Waals surface area contributed by atoms with Gasteiger partial charge in [0.25, 0.3) is 0 Å². The van der Waals surface area contributed by atoms with Gasteiger partial charge in [-0.3, -0.25) is 0 Å². The van der Waals surface area contributed by atoms with Crippen LogP contribution >= 0.6 is 46.2 Å². The Morgan fingerprint density at radius 2 is 1.03 bits per heavy atom. The van der Waals surface area contributed by atoms with Crippen molar-refractivity contribution in [2.75, 3.05) is 0 Å². The zero-order valence-electron chi connectivity index (χ0n) is 20.5. The molecule has 0 amide bonds. The lowest BCUT2D eigenvalue weighted by Crippen LogP contribution is -2.47. The molecule has 1 fully saturated rings. The zero-order valence-corrected chi connectivity index (χ0v) is 23.8. The second kappa shape index (κ2) is 8.73. The highest BCUT2D eigenvalue weighted by Gasteiger charge is 2.56. The molecule has 2 aromatic rings. The minimum Gasteiger partial charge on any atom is -0.149 e. The maximum Gasteiger partial charge on any atom is 0.0612 e. The molecule has 7 rings (SSSR count). The van der Waals surface area contributed by atoms with E-state index < -0.39 is 0 Å². The summed E-state index contributed by atoms with van der Waals surface area (Å²) in [5.74, 6) is 0. The summed E-state index contributed by atoms with van der Waals surface area (Å²) in [4.78, 5) is 2.93. The van der Waals surface area contributed by atoms with Crippen molar-refractivity contribution in [3.05, 3.63) is 89.0 Å². The van der Waals surface area contributed by atoms with Gasteiger partial charge in [0, 0.05) is 9.75 Å². The molecule has 4 heteroatoms. The molecule has 176 valence electrons. The summed E-state index contributed by atoms with van der Waals surface area (Å²) < 4.78 is 0.499. The van der Waals surface area contributed by atoms with Gasteiger partial charge in [0.15, 0.2) is 0 Å². The summed E-state index contributed by atoms with van der Waals surface area (Å²) >= 11 is 7.77. The van der Waals surface area contributed by atoms with Gasteiger partial charge >= 0.3 is 0 Å². The molecule has 0 unspecified atom stereocenters. The number of allylic oxidation sites excluding steroid dienone is 6. The van der Waals surface area contributed by atoms with Crippen LogP contribution in [-0.2, 0) is 0 Å². The third-order valence-corrected chi connectivity index (χ3v) is 13.0. The number of thioether (sulfide) groups is 2. The van der Waals surface area contributed by atoms with Gasteiger partial charge in [0.2, 0.25) is 0 Å². The fourth-order valence-corrected chi connectivity index (χ4v) is 10.5. The van der Waals surface area contributed by atoms with Crippen molar-refractivity contribution >= 4 is 57.3 Å². The Labute approximate surface area is 221 Å². The number of hydrogen-bond donors (Lipinski definition) is 0. The largest absolute Gasteiger partial charge is 0.149 e. The van der Waals surface area contributed by atoms with Gasteiger partial charge in [0.05, 0.1) is 9.49 Å². The summed E-state index contributed by atoms with van der Waals surface area (Å²) in [5.41, 5.74) is 12.8. The average molecular weight is 521 g/mol. The highest BCUT2D eigenvalue weighted by Crippen LogP contribution is 2.65. The van der Waals surface area contributed by atoms with Crippen LogP contribution in [0.1, 0.15) is 73.3 Å². The quantitative estimate of drug-likeness (QED) is 0.386. The molecular formula is C30H32S4. The Bertz CT molecular complexity index is 1210. The Balaban J connectivity index is 0.000000128. The van der Waals surface area contributed by atoms with Crippen molar-refractivity contribution < 1.29 is 0 Å². The van der Waals surface area contributed by atoms with Crippen LogP contribution < -0.4 is 0 Å². The minimum absolute atomic E-state index is 0.250. The lowest BCUT2D eigenvalue weighted by molar-refractivity contribution is 0.607. The fraction of sp³-hybridized carbons (Fsp3) is 0.400. The van der Waals surface area contributed by atoms with E-state index in [1.54, 1.807) is 33.4 Å². The zero-order chi connectivity index (χ0) is 23.5. The van der Waals surface area contributed by atoms with E-state index >= 15 is 0 Å². The first-order valence-corrected chi connectivity index (χ1v) is 15.9. The van der Waals surface area contributed by atoms with E-state index in [2.05, 4.69) is 73.6 Å². The Kier molecular flexibility index (Phi) is 5.96. The molecule has 2 atom stereocenters. The van der Waals surface area contributed by atoms with Crippen molar-refractivity contribution in [3.8, 4) is 0 Å². The number of fused-ring (bicyclic) bond motifs is 4. The fourth-order valence-electron chi connectivity index (χ4n) is 6.51. The topological polar surface area (TPSA) is 0 Å². The number of aryl methyl sites for hydroxylation is 2. The van der Waals surface area contributed by atoms with Crippen LogP contribution in [0.15, 0.2) is 68.2 Å². The first kappa shape index (κ1) is 23.2. The first-order valence-electron chi connectivity index (χ1n) is 12.4. The van der Waals surface area contributed by atoms with Gasteiger partial charge in [-0.2, -0.15) is 0 Å². The van der Waals surface area contributed by atoms with E-state index in [1.807, 2.05) is 46.2 Å². The van der Waals surface area contributed by atoms with Gasteiger partial charge in [-0.25, -0.2) is 0 Å². The Morgan fingerprint density at radius 1 is 0.618 bits per heavy atom. The summed E-state index contributed by atoms with van der Waals surface area (Å²) in [6.45, 7) is 9.36. The molecule has 5 aliphatic rings. The van der Waals surface area contributed by atoms with Crippen LogP contribution in [0, 0.1) is 13.8 Å². The predicted octanol–water partition coefficient (Wildman–Crippen LogP) is 10.3. The molecule has 1 saturated carbocycles. The second-order valence-electron chi connectivity index (χ2n) is 10.1. The molecule has 3 aliphatic carbocycles. The van der Waals surface area contributed by atoms with E-state index in [0.717, 1.165) is 0 Å². The van der Waals surface area contributed by atoms with E-state index in [4.69, 9.17) is 0 Å². The molecule has 34 heavy (non-hydrogen) atoms. The van der Waals surface area contributed by atoms with Crippen molar-refractivity contribution in [1.29, 1.82) is 0 Å². The van der Waals surface area contributed by atoms with Gasteiger partial charge in [-0.15, -0.1) is 46.2 Å². The van der Waals surface area contributed by atoms with Crippen molar-refractivity contribution in [2.45, 2.75) is 75.7 Å². The summed E-state index contributed by atoms with van der Waals surface area (Å²) in [5, 5.41) is 9.05. The Morgan fingerprint density at radius 3 is 1.41 bits per heavy atom. The summed E-state index contributed by atoms with van der Waals surface area (Å²) in [6.07, 6.45) is 12.5. The van der Waals surface area contributed by atoms with Crippen LogP contribution in [0.25, 0.3) is 11.1 Å². The van der Waals surface area contributed by atoms with Crippen molar-refractivity contribution in [1.82, 2.24) is 0 Å². The van der Waals surface area contributed by atoms with Gasteiger partial charge in [-0.05, 0) is 144 Å².